The molecule has 2 aromatic carbocycles. The molecule has 0 aromatic heterocycles. The second-order valence-electron chi connectivity index (χ2n) is 5.70. The van der Waals surface area contributed by atoms with Gasteiger partial charge in [-0.2, -0.15) is 0 Å². The highest BCUT2D eigenvalue weighted by molar-refractivity contribution is 5.91. The van der Waals surface area contributed by atoms with Gasteiger partial charge in [-0.15, -0.1) is 0 Å². The minimum atomic E-state index is -0.575. The van der Waals surface area contributed by atoms with Crippen molar-refractivity contribution in [1.82, 2.24) is 4.90 Å². The number of β-amino-alcohol motifs (C(OH)–C–C–N with tert-alkyl or cyclic N) is 1. The van der Waals surface area contributed by atoms with Crippen molar-refractivity contribution in [2.45, 2.75) is 18.9 Å². The van der Waals surface area contributed by atoms with Gasteiger partial charge in [0.15, 0.2) is 11.6 Å². The molecule has 2 N–H and O–H groups in total. The van der Waals surface area contributed by atoms with E-state index in [4.69, 9.17) is 4.74 Å². The number of aliphatic hydroxyl groups excluding tert-OH is 1. The van der Waals surface area contributed by atoms with Gasteiger partial charge >= 0.3 is 6.03 Å². The van der Waals surface area contributed by atoms with E-state index in [-0.39, 0.29) is 18.0 Å². The van der Waals surface area contributed by atoms with Gasteiger partial charge < -0.3 is 20.1 Å². The third kappa shape index (κ3) is 3.83. The van der Waals surface area contributed by atoms with E-state index in [0.717, 1.165) is 6.42 Å². The Morgan fingerprint density at radius 3 is 2.75 bits per heavy atom. The van der Waals surface area contributed by atoms with Crippen LogP contribution in [0.5, 0.6) is 11.5 Å². The summed E-state index contributed by atoms with van der Waals surface area (Å²) < 4.78 is 19.9. The predicted octanol–water partition coefficient (Wildman–Crippen LogP) is 3.61. The van der Waals surface area contributed by atoms with Gasteiger partial charge in [0.1, 0.15) is 11.4 Å². The van der Waals surface area contributed by atoms with Crippen molar-refractivity contribution in [3.63, 3.8) is 0 Å². The van der Waals surface area contributed by atoms with Crippen LogP contribution in [-0.2, 0) is 0 Å². The lowest BCUT2D eigenvalue weighted by atomic mass is 10.1. The first-order chi connectivity index (χ1) is 11.6. The Morgan fingerprint density at radius 2 is 2.00 bits per heavy atom. The average molecular weight is 330 g/mol. The lowest BCUT2D eigenvalue weighted by Crippen LogP contribution is -2.44. The van der Waals surface area contributed by atoms with Crippen molar-refractivity contribution < 1.29 is 19.0 Å². The van der Waals surface area contributed by atoms with E-state index in [1.807, 2.05) is 18.2 Å². The molecular formula is C18H19FN2O3. The van der Waals surface area contributed by atoms with Crippen LogP contribution in [0.25, 0.3) is 0 Å². The zero-order valence-corrected chi connectivity index (χ0v) is 13.1. The Balaban J connectivity index is 1.78. The monoisotopic (exact) mass is 330 g/mol. The molecular weight excluding hydrogens is 311 g/mol. The number of amides is 2. The van der Waals surface area contributed by atoms with Crippen LogP contribution in [0.4, 0.5) is 14.9 Å². The fourth-order valence-corrected chi connectivity index (χ4v) is 2.65. The number of anilines is 1. The van der Waals surface area contributed by atoms with Crippen LogP contribution in [0.1, 0.15) is 12.8 Å². The SMILES string of the molecule is O=C(Nc1c(F)cccc1Oc1ccccc1)N1CCC[C@@H](O)C1. The van der Waals surface area contributed by atoms with Gasteiger partial charge in [0.2, 0.25) is 0 Å². The van der Waals surface area contributed by atoms with Crippen LogP contribution >= 0.6 is 0 Å². The molecule has 2 amide bonds. The summed E-state index contributed by atoms with van der Waals surface area (Å²) in [5.74, 6) is 0.202. The number of nitrogens with one attached hydrogen (secondary N) is 1. The molecule has 6 heteroatoms. The second-order valence-corrected chi connectivity index (χ2v) is 5.70. The van der Waals surface area contributed by atoms with Crippen LogP contribution in [-0.4, -0.2) is 35.2 Å². The Morgan fingerprint density at radius 1 is 1.21 bits per heavy atom. The number of hydrogen-bond acceptors (Lipinski definition) is 3. The first-order valence-corrected chi connectivity index (χ1v) is 7.89. The molecule has 1 aliphatic rings. The normalized spacial score (nSPS) is 17.4. The van der Waals surface area contributed by atoms with Gasteiger partial charge in [0.05, 0.1) is 6.10 Å². The number of likely N-dealkylation sites (tertiary alicyclic amines) is 1. The molecule has 24 heavy (non-hydrogen) atoms. The number of urea groups is 1. The maximum absolute atomic E-state index is 14.2. The van der Waals surface area contributed by atoms with E-state index in [1.54, 1.807) is 18.2 Å². The summed E-state index contributed by atoms with van der Waals surface area (Å²) in [5, 5.41) is 12.2. The van der Waals surface area contributed by atoms with Crippen molar-refractivity contribution in [2.24, 2.45) is 0 Å². The Labute approximate surface area is 139 Å². The minimum absolute atomic E-state index is 0.00795. The third-order valence-corrected chi connectivity index (χ3v) is 3.86. The smallest absolute Gasteiger partial charge is 0.322 e. The van der Waals surface area contributed by atoms with E-state index in [9.17, 15) is 14.3 Å². The number of carbonyl (C=O) groups is 1. The van der Waals surface area contributed by atoms with Crippen LogP contribution < -0.4 is 10.1 Å². The number of benzene rings is 2. The Bertz CT molecular complexity index is 709. The molecule has 0 spiro atoms. The molecule has 0 bridgehead atoms. The number of ether oxygens (including phenoxy) is 1. The van der Waals surface area contributed by atoms with E-state index < -0.39 is 18.0 Å². The number of rotatable bonds is 3. The van der Waals surface area contributed by atoms with Crippen LogP contribution in [0.2, 0.25) is 0 Å². The van der Waals surface area contributed by atoms with E-state index in [2.05, 4.69) is 5.32 Å². The molecule has 1 aliphatic heterocycles. The first-order valence-electron chi connectivity index (χ1n) is 7.89. The number of halogens is 1. The number of nitrogens with zero attached hydrogens (tertiary/aromatic N) is 1. The average Bonchev–Trinajstić information content (AvgIpc) is 2.59. The lowest BCUT2D eigenvalue weighted by Gasteiger charge is -2.30. The number of carbonyl (C=O) groups excluding carboxylic acids is 1. The van der Waals surface area contributed by atoms with E-state index in [0.29, 0.717) is 18.7 Å². The van der Waals surface area contributed by atoms with Gasteiger partial charge in [-0.25, -0.2) is 9.18 Å². The molecule has 126 valence electrons. The van der Waals surface area contributed by atoms with E-state index >= 15 is 0 Å². The predicted molar refractivity (Wildman–Crippen MR) is 88.7 cm³/mol. The fourth-order valence-electron chi connectivity index (χ4n) is 2.65. The van der Waals surface area contributed by atoms with Crippen LogP contribution in [0, 0.1) is 5.82 Å². The highest BCUT2D eigenvalue weighted by atomic mass is 19.1. The minimum Gasteiger partial charge on any atom is -0.455 e. The Kier molecular flexibility index (Phi) is 4.96. The summed E-state index contributed by atoms with van der Waals surface area (Å²) in [6.07, 6.45) is 0.857. The summed E-state index contributed by atoms with van der Waals surface area (Å²) in [7, 11) is 0. The van der Waals surface area contributed by atoms with Crippen molar-refractivity contribution in [3.05, 3.63) is 54.3 Å². The maximum atomic E-state index is 14.2. The molecule has 1 saturated heterocycles. The highest BCUT2D eigenvalue weighted by Gasteiger charge is 2.24. The molecule has 0 saturated carbocycles. The third-order valence-electron chi connectivity index (χ3n) is 3.86. The van der Waals surface area contributed by atoms with Gasteiger partial charge in [-0.05, 0) is 37.1 Å². The number of para-hydroxylation sites is 2. The molecule has 1 atom stereocenters. The molecule has 1 fully saturated rings. The van der Waals surface area contributed by atoms with Crippen molar-refractivity contribution in [3.8, 4) is 11.5 Å². The van der Waals surface area contributed by atoms with Crippen molar-refractivity contribution >= 4 is 11.7 Å². The quantitative estimate of drug-likeness (QED) is 0.904. The molecule has 0 unspecified atom stereocenters. The number of aliphatic hydroxyl groups is 1. The summed E-state index contributed by atoms with van der Waals surface area (Å²) in [5.41, 5.74) is -0.00795. The summed E-state index contributed by atoms with van der Waals surface area (Å²) in [6.45, 7) is 0.779. The van der Waals surface area contributed by atoms with Gasteiger partial charge in [-0.1, -0.05) is 24.3 Å². The zero-order valence-electron chi connectivity index (χ0n) is 13.1. The van der Waals surface area contributed by atoms with Crippen molar-refractivity contribution in [2.75, 3.05) is 18.4 Å². The van der Waals surface area contributed by atoms with Gasteiger partial charge in [0, 0.05) is 13.1 Å². The summed E-state index contributed by atoms with van der Waals surface area (Å²) >= 11 is 0. The molecule has 5 nitrogen and oxygen atoms in total. The molecule has 2 aromatic rings. The summed E-state index contributed by atoms with van der Waals surface area (Å²) in [6, 6.07) is 12.9. The first kappa shape index (κ1) is 16.3. The van der Waals surface area contributed by atoms with E-state index in [1.165, 1.54) is 17.0 Å². The van der Waals surface area contributed by atoms with Crippen molar-refractivity contribution in [1.29, 1.82) is 0 Å². The Hall–Kier alpha value is -2.60. The van der Waals surface area contributed by atoms with Gasteiger partial charge in [0.25, 0.3) is 0 Å². The standard InChI is InChI=1S/C18H19FN2O3/c19-15-9-4-10-16(24-14-7-2-1-3-8-14)17(15)20-18(23)21-11-5-6-13(22)12-21/h1-4,7-10,13,22H,5-6,11-12H2,(H,20,23)/t13-/m1/s1. The second kappa shape index (κ2) is 7.31. The topological polar surface area (TPSA) is 61.8 Å². The highest BCUT2D eigenvalue weighted by Crippen LogP contribution is 2.32. The number of hydrogen-bond donors (Lipinski definition) is 2. The number of piperidine rings is 1. The molecule has 0 radical (unpaired) electrons. The molecule has 3 rings (SSSR count). The fraction of sp³-hybridized carbons (Fsp3) is 0.278. The molecule has 1 heterocycles. The van der Waals surface area contributed by atoms with Crippen LogP contribution in [0.3, 0.4) is 0 Å². The molecule has 0 aliphatic carbocycles. The van der Waals surface area contributed by atoms with Crippen LogP contribution in [0.15, 0.2) is 48.5 Å². The maximum Gasteiger partial charge on any atom is 0.322 e. The zero-order chi connectivity index (χ0) is 16.9. The summed E-state index contributed by atoms with van der Waals surface area (Å²) in [4.78, 5) is 13.8. The van der Waals surface area contributed by atoms with Gasteiger partial charge in [-0.3, -0.25) is 0 Å². The largest absolute Gasteiger partial charge is 0.455 e. The lowest BCUT2D eigenvalue weighted by molar-refractivity contribution is 0.0883.